The van der Waals surface area contributed by atoms with Gasteiger partial charge in [-0.15, -0.1) is 0 Å². The molecular formula is C11H16Cl2N2. The monoisotopic (exact) mass is 246 g/mol. The highest BCUT2D eigenvalue weighted by molar-refractivity contribution is 6.42. The highest BCUT2D eigenvalue weighted by atomic mass is 35.5. The summed E-state index contributed by atoms with van der Waals surface area (Å²) in [6, 6.07) is 5.92. The van der Waals surface area contributed by atoms with Gasteiger partial charge in [0.15, 0.2) is 0 Å². The summed E-state index contributed by atoms with van der Waals surface area (Å²) in [5, 5.41) is 1.23. The molecule has 0 aliphatic carbocycles. The number of hydrogen-bond donors (Lipinski definition) is 1. The number of likely N-dealkylation sites (N-methyl/N-ethyl adjacent to an activating group) is 1. The third kappa shape index (κ3) is 3.08. The van der Waals surface area contributed by atoms with Gasteiger partial charge in [-0.1, -0.05) is 35.3 Å². The average Bonchev–Trinajstić information content (AvgIpc) is 2.21. The highest BCUT2D eigenvalue weighted by Crippen LogP contribution is 2.31. The van der Waals surface area contributed by atoms with E-state index >= 15 is 0 Å². The van der Waals surface area contributed by atoms with Crippen LogP contribution in [0.2, 0.25) is 10.0 Å². The molecule has 4 heteroatoms. The van der Waals surface area contributed by atoms with Crippen LogP contribution in [0, 0.1) is 0 Å². The SMILES string of the molecule is CC(c1cccc(Cl)c1Cl)N(C)CCN. The fourth-order valence-electron chi connectivity index (χ4n) is 1.48. The van der Waals surface area contributed by atoms with E-state index in [9.17, 15) is 0 Å². The molecule has 0 bridgehead atoms. The molecule has 0 radical (unpaired) electrons. The van der Waals surface area contributed by atoms with Gasteiger partial charge in [-0.2, -0.15) is 0 Å². The average molecular weight is 247 g/mol. The number of hydrogen-bond acceptors (Lipinski definition) is 2. The van der Waals surface area contributed by atoms with Crippen LogP contribution in [0.25, 0.3) is 0 Å². The normalized spacial score (nSPS) is 13.2. The van der Waals surface area contributed by atoms with Gasteiger partial charge in [-0.3, -0.25) is 4.90 Å². The Hall–Kier alpha value is -0.280. The van der Waals surface area contributed by atoms with Crippen molar-refractivity contribution < 1.29 is 0 Å². The number of benzene rings is 1. The van der Waals surface area contributed by atoms with Gasteiger partial charge >= 0.3 is 0 Å². The first-order valence-corrected chi connectivity index (χ1v) is 5.67. The molecule has 1 atom stereocenters. The molecule has 84 valence electrons. The lowest BCUT2D eigenvalue weighted by molar-refractivity contribution is 0.269. The molecule has 1 aromatic rings. The van der Waals surface area contributed by atoms with E-state index < -0.39 is 0 Å². The van der Waals surface area contributed by atoms with Crippen molar-refractivity contribution in [2.75, 3.05) is 20.1 Å². The lowest BCUT2D eigenvalue weighted by Crippen LogP contribution is -2.28. The summed E-state index contributed by atoms with van der Waals surface area (Å²) in [5.74, 6) is 0. The van der Waals surface area contributed by atoms with E-state index in [0.717, 1.165) is 12.1 Å². The molecular weight excluding hydrogens is 231 g/mol. The number of nitrogens with zero attached hydrogens (tertiary/aromatic N) is 1. The summed E-state index contributed by atoms with van der Waals surface area (Å²) < 4.78 is 0. The third-order valence-corrected chi connectivity index (χ3v) is 3.41. The lowest BCUT2D eigenvalue weighted by Gasteiger charge is -2.25. The van der Waals surface area contributed by atoms with Gasteiger partial charge in [0.1, 0.15) is 0 Å². The van der Waals surface area contributed by atoms with Crippen molar-refractivity contribution in [1.29, 1.82) is 0 Å². The van der Waals surface area contributed by atoms with Crippen LogP contribution in [-0.4, -0.2) is 25.0 Å². The number of nitrogens with two attached hydrogens (primary N) is 1. The minimum absolute atomic E-state index is 0.222. The van der Waals surface area contributed by atoms with Gasteiger partial charge in [-0.25, -0.2) is 0 Å². The van der Waals surface area contributed by atoms with Gasteiger partial charge in [0.2, 0.25) is 0 Å². The lowest BCUT2D eigenvalue weighted by atomic mass is 10.1. The van der Waals surface area contributed by atoms with Crippen LogP contribution in [0.5, 0.6) is 0 Å². The first-order valence-electron chi connectivity index (χ1n) is 4.92. The largest absolute Gasteiger partial charge is 0.329 e. The zero-order valence-corrected chi connectivity index (χ0v) is 10.5. The maximum absolute atomic E-state index is 6.14. The molecule has 0 fully saturated rings. The zero-order valence-electron chi connectivity index (χ0n) is 9.00. The second kappa shape index (κ2) is 5.71. The minimum Gasteiger partial charge on any atom is -0.329 e. The summed E-state index contributed by atoms with van der Waals surface area (Å²) in [4.78, 5) is 2.15. The van der Waals surface area contributed by atoms with Crippen molar-refractivity contribution in [2.24, 2.45) is 5.73 Å². The van der Waals surface area contributed by atoms with Crippen LogP contribution in [0.4, 0.5) is 0 Å². The Balaban J connectivity index is 2.90. The number of halogens is 2. The quantitative estimate of drug-likeness (QED) is 0.886. The Kier molecular flexibility index (Phi) is 4.87. The molecule has 0 aromatic heterocycles. The van der Waals surface area contributed by atoms with E-state index in [1.54, 1.807) is 6.07 Å². The topological polar surface area (TPSA) is 29.3 Å². The molecule has 1 unspecified atom stereocenters. The Labute approximate surface area is 101 Å². The predicted octanol–water partition coefficient (Wildman–Crippen LogP) is 2.94. The summed E-state index contributed by atoms with van der Waals surface area (Å²) in [6.07, 6.45) is 0. The third-order valence-electron chi connectivity index (χ3n) is 2.57. The second-order valence-corrected chi connectivity index (χ2v) is 4.37. The molecule has 0 aliphatic heterocycles. The summed E-state index contributed by atoms with van der Waals surface area (Å²) >= 11 is 12.1. The summed E-state index contributed by atoms with van der Waals surface area (Å²) in [5.41, 5.74) is 6.55. The van der Waals surface area contributed by atoms with Crippen LogP contribution >= 0.6 is 23.2 Å². The number of rotatable bonds is 4. The molecule has 0 aliphatic rings. The molecule has 2 N–H and O–H groups in total. The van der Waals surface area contributed by atoms with Crippen LogP contribution in [0.1, 0.15) is 18.5 Å². The van der Waals surface area contributed by atoms with E-state index in [1.165, 1.54) is 0 Å². The fourth-order valence-corrected chi connectivity index (χ4v) is 1.94. The van der Waals surface area contributed by atoms with Crippen molar-refractivity contribution in [3.8, 4) is 0 Å². The Bertz CT molecular complexity index is 328. The van der Waals surface area contributed by atoms with Gasteiger partial charge < -0.3 is 5.73 Å². The van der Waals surface area contributed by atoms with Gasteiger partial charge in [0.25, 0.3) is 0 Å². The Morgan fingerprint density at radius 1 is 1.40 bits per heavy atom. The molecule has 0 saturated heterocycles. The zero-order chi connectivity index (χ0) is 11.4. The van der Waals surface area contributed by atoms with E-state index in [4.69, 9.17) is 28.9 Å². The van der Waals surface area contributed by atoms with Gasteiger partial charge in [-0.05, 0) is 25.6 Å². The van der Waals surface area contributed by atoms with Crippen molar-refractivity contribution >= 4 is 23.2 Å². The van der Waals surface area contributed by atoms with Crippen molar-refractivity contribution in [1.82, 2.24) is 4.90 Å². The van der Waals surface area contributed by atoms with Crippen molar-refractivity contribution in [3.05, 3.63) is 33.8 Å². The first-order chi connectivity index (χ1) is 7.07. The van der Waals surface area contributed by atoms with E-state index in [1.807, 2.05) is 19.2 Å². The van der Waals surface area contributed by atoms with Crippen molar-refractivity contribution in [3.63, 3.8) is 0 Å². The second-order valence-electron chi connectivity index (χ2n) is 3.59. The standard InChI is InChI=1S/C11H16Cl2N2/c1-8(15(2)7-6-14)9-4-3-5-10(12)11(9)13/h3-5,8H,6-7,14H2,1-2H3. The Morgan fingerprint density at radius 3 is 2.67 bits per heavy atom. The van der Waals surface area contributed by atoms with E-state index in [-0.39, 0.29) is 6.04 Å². The molecule has 0 amide bonds. The van der Waals surface area contributed by atoms with Gasteiger partial charge in [0, 0.05) is 19.1 Å². The fraction of sp³-hybridized carbons (Fsp3) is 0.455. The molecule has 0 saturated carbocycles. The van der Waals surface area contributed by atoms with Crippen LogP contribution < -0.4 is 5.73 Å². The van der Waals surface area contributed by atoms with E-state index in [0.29, 0.717) is 16.6 Å². The molecule has 15 heavy (non-hydrogen) atoms. The van der Waals surface area contributed by atoms with Crippen LogP contribution in [0.15, 0.2) is 18.2 Å². The first kappa shape index (κ1) is 12.8. The minimum atomic E-state index is 0.222. The molecule has 0 heterocycles. The maximum atomic E-state index is 6.14. The predicted molar refractivity (Wildman–Crippen MR) is 66.6 cm³/mol. The molecule has 2 nitrogen and oxygen atoms in total. The smallest absolute Gasteiger partial charge is 0.0640 e. The highest BCUT2D eigenvalue weighted by Gasteiger charge is 2.15. The summed E-state index contributed by atoms with van der Waals surface area (Å²) in [7, 11) is 2.02. The van der Waals surface area contributed by atoms with E-state index in [2.05, 4.69) is 11.8 Å². The molecule has 0 spiro atoms. The van der Waals surface area contributed by atoms with Crippen LogP contribution in [-0.2, 0) is 0 Å². The summed E-state index contributed by atoms with van der Waals surface area (Å²) in [6.45, 7) is 3.57. The maximum Gasteiger partial charge on any atom is 0.0640 e. The Morgan fingerprint density at radius 2 is 2.07 bits per heavy atom. The van der Waals surface area contributed by atoms with Gasteiger partial charge in [0.05, 0.1) is 10.0 Å². The molecule has 1 aromatic carbocycles. The van der Waals surface area contributed by atoms with Crippen LogP contribution in [0.3, 0.4) is 0 Å². The van der Waals surface area contributed by atoms with Crippen molar-refractivity contribution in [2.45, 2.75) is 13.0 Å². The molecule has 1 rings (SSSR count).